The summed E-state index contributed by atoms with van der Waals surface area (Å²) >= 11 is 0. The Morgan fingerprint density at radius 2 is 2.18 bits per heavy atom. The van der Waals surface area contributed by atoms with Crippen molar-refractivity contribution in [2.75, 3.05) is 6.61 Å². The molecule has 116 valence electrons. The van der Waals surface area contributed by atoms with Gasteiger partial charge in [-0.25, -0.2) is 14.5 Å². The van der Waals surface area contributed by atoms with E-state index in [0.29, 0.717) is 29.4 Å². The Morgan fingerprint density at radius 1 is 1.41 bits per heavy atom. The normalized spacial score (nSPS) is 15.5. The lowest BCUT2D eigenvalue weighted by atomic mass is 10.1. The molecule has 0 amide bonds. The van der Waals surface area contributed by atoms with Gasteiger partial charge in [-0.15, -0.1) is 5.10 Å². The summed E-state index contributed by atoms with van der Waals surface area (Å²) in [6, 6.07) is 4.96. The second kappa shape index (κ2) is 5.44. The van der Waals surface area contributed by atoms with Crippen molar-refractivity contribution in [1.29, 1.82) is 0 Å². The van der Waals surface area contributed by atoms with Crippen molar-refractivity contribution in [2.24, 2.45) is 5.41 Å². The molecule has 1 aliphatic carbocycles. The highest BCUT2D eigenvalue weighted by molar-refractivity contribution is 5.88. The molecule has 2 aromatic rings. The van der Waals surface area contributed by atoms with Crippen LogP contribution in [0.1, 0.15) is 42.2 Å². The van der Waals surface area contributed by atoms with Crippen molar-refractivity contribution in [3.63, 3.8) is 0 Å². The van der Waals surface area contributed by atoms with Crippen LogP contribution < -0.4 is 4.74 Å². The fourth-order valence-electron chi connectivity index (χ4n) is 2.28. The van der Waals surface area contributed by atoms with Crippen molar-refractivity contribution in [3.05, 3.63) is 35.7 Å². The van der Waals surface area contributed by atoms with Crippen molar-refractivity contribution < 1.29 is 14.6 Å². The quantitative estimate of drug-likeness (QED) is 0.887. The number of rotatable bonds is 6. The maximum absolute atomic E-state index is 11.0. The van der Waals surface area contributed by atoms with E-state index < -0.39 is 5.97 Å². The summed E-state index contributed by atoms with van der Waals surface area (Å²) in [5.74, 6) is 0.159. The molecule has 6 nitrogen and oxygen atoms in total. The Hall–Kier alpha value is -2.37. The Labute approximate surface area is 128 Å². The smallest absolute Gasteiger partial charge is 0.337 e. The summed E-state index contributed by atoms with van der Waals surface area (Å²) in [7, 11) is 0. The van der Waals surface area contributed by atoms with Crippen LogP contribution in [0.2, 0.25) is 0 Å². The second-order valence-electron chi connectivity index (χ2n) is 6.12. The third kappa shape index (κ3) is 3.10. The number of hydrogen-bond acceptors (Lipinski definition) is 4. The Morgan fingerprint density at radius 3 is 2.82 bits per heavy atom. The highest BCUT2D eigenvalue weighted by atomic mass is 16.5. The monoisotopic (exact) mass is 301 g/mol. The first-order valence-electron chi connectivity index (χ1n) is 7.37. The number of carboxylic acids is 1. The predicted octanol–water partition coefficient (Wildman–Crippen LogP) is 2.84. The number of pyridine rings is 1. The molecule has 0 unspecified atom stereocenters. The van der Waals surface area contributed by atoms with Crippen molar-refractivity contribution in [3.8, 4) is 11.7 Å². The number of nitrogens with zero attached hydrogens (tertiary/aromatic N) is 3. The summed E-state index contributed by atoms with van der Waals surface area (Å²) in [6.45, 7) is 4.60. The van der Waals surface area contributed by atoms with Gasteiger partial charge in [0, 0.05) is 12.3 Å². The predicted molar refractivity (Wildman–Crippen MR) is 80.5 cm³/mol. The molecule has 22 heavy (non-hydrogen) atoms. The fourth-order valence-corrected chi connectivity index (χ4v) is 2.28. The van der Waals surface area contributed by atoms with E-state index in [-0.39, 0.29) is 5.56 Å². The van der Waals surface area contributed by atoms with E-state index in [2.05, 4.69) is 17.0 Å². The zero-order valence-corrected chi connectivity index (χ0v) is 12.7. The lowest BCUT2D eigenvalue weighted by Gasteiger charge is -2.08. The first-order valence-corrected chi connectivity index (χ1v) is 7.37. The molecule has 1 N–H and O–H groups in total. The van der Waals surface area contributed by atoms with Gasteiger partial charge in [0.1, 0.15) is 0 Å². The highest BCUT2D eigenvalue weighted by Crippen LogP contribution is 2.47. The van der Waals surface area contributed by atoms with Crippen LogP contribution in [0.15, 0.2) is 24.4 Å². The maximum Gasteiger partial charge on any atom is 0.337 e. The molecule has 1 fully saturated rings. The third-order valence-electron chi connectivity index (χ3n) is 4.16. The minimum Gasteiger partial charge on any atom is -0.478 e. The van der Waals surface area contributed by atoms with E-state index in [0.717, 1.165) is 6.42 Å². The summed E-state index contributed by atoms with van der Waals surface area (Å²) in [5.41, 5.74) is 1.13. The van der Waals surface area contributed by atoms with Gasteiger partial charge in [-0.2, -0.15) is 0 Å². The summed E-state index contributed by atoms with van der Waals surface area (Å²) < 4.78 is 7.25. The first-order chi connectivity index (χ1) is 10.5. The number of aryl methyl sites for hydroxylation is 1. The van der Waals surface area contributed by atoms with Gasteiger partial charge in [0.05, 0.1) is 17.9 Å². The fraction of sp³-hybridized carbons (Fsp3) is 0.438. The number of aromatic carboxylic acids is 1. The van der Waals surface area contributed by atoms with Crippen LogP contribution in [0, 0.1) is 12.3 Å². The van der Waals surface area contributed by atoms with Crippen LogP contribution in [0.5, 0.6) is 5.88 Å². The lowest BCUT2D eigenvalue weighted by molar-refractivity contribution is 0.0695. The molecule has 0 bridgehead atoms. The summed E-state index contributed by atoms with van der Waals surface area (Å²) in [6.07, 6.45) is 5.37. The average molecular weight is 301 g/mol. The maximum atomic E-state index is 11.0. The Bertz CT molecular complexity index is 704. The Kier molecular flexibility index (Phi) is 3.60. The van der Waals surface area contributed by atoms with E-state index in [1.807, 2.05) is 0 Å². The minimum atomic E-state index is -0.977. The molecular formula is C16H19N3O3. The summed E-state index contributed by atoms with van der Waals surface area (Å²) in [4.78, 5) is 15.3. The highest BCUT2D eigenvalue weighted by Gasteiger charge is 2.36. The zero-order chi connectivity index (χ0) is 15.7. The molecule has 0 aromatic carbocycles. The molecule has 6 heteroatoms. The van der Waals surface area contributed by atoms with Crippen LogP contribution in [0.25, 0.3) is 5.82 Å². The van der Waals surface area contributed by atoms with Crippen LogP contribution >= 0.6 is 0 Å². The largest absolute Gasteiger partial charge is 0.478 e. The van der Waals surface area contributed by atoms with Crippen molar-refractivity contribution >= 4 is 5.97 Å². The summed E-state index contributed by atoms with van der Waals surface area (Å²) in [5, 5.41) is 13.3. The minimum absolute atomic E-state index is 0.199. The van der Waals surface area contributed by atoms with Gasteiger partial charge < -0.3 is 9.84 Å². The second-order valence-corrected chi connectivity index (χ2v) is 6.12. The van der Waals surface area contributed by atoms with Gasteiger partial charge >= 0.3 is 5.97 Å². The Balaban J connectivity index is 1.67. The van der Waals surface area contributed by atoms with Crippen molar-refractivity contribution in [2.45, 2.75) is 33.1 Å². The molecule has 0 spiro atoms. The molecule has 2 heterocycles. The molecule has 2 aromatic heterocycles. The number of carbonyl (C=O) groups is 1. The van der Waals surface area contributed by atoms with Gasteiger partial charge in [-0.1, -0.05) is 6.92 Å². The van der Waals surface area contributed by atoms with Gasteiger partial charge in [0.2, 0.25) is 5.88 Å². The third-order valence-corrected chi connectivity index (χ3v) is 4.16. The first kappa shape index (κ1) is 14.6. The molecule has 3 rings (SSSR count). The van der Waals surface area contributed by atoms with E-state index in [9.17, 15) is 4.79 Å². The van der Waals surface area contributed by atoms with Gasteiger partial charge in [-0.3, -0.25) is 0 Å². The van der Waals surface area contributed by atoms with Crippen molar-refractivity contribution in [1.82, 2.24) is 14.8 Å². The molecule has 0 radical (unpaired) electrons. The molecule has 0 atom stereocenters. The molecule has 0 saturated heterocycles. The van der Waals surface area contributed by atoms with Gasteiger partial charge in [0.15, 0.2) is 5.82 Å². The van der Waals surface area contributed by atoms with E-state index in [4.69, 9.17) is 9.84 Å². The number of hydrogen-bond donors (Lipinski definition) is 1. The number of carboxylic acid groups (broad SMARTS) is 1. The molecule has 1 saturated carbocycles. The van der Waals surface area contributed by atoms with Crippen LogP contribution in [0.3, 0.4) is 0 Å². The zero-order valence-electron chi connectivity index (χ0n) is 12.7. The molecule has 0 aliphatic heterocycles. The lowest BCUT2D eigenvalue weighted by Crippen LogP contribution is -2.07. The van der Waals surface area contributed by atoms with E-state index in [1.54, 1.807) is 29.9 Å². The molecule has 1 aliphatic rings. The standard InChI is InChI=1S/C16H19N3O3/c1-11-12(15(20)21)3-4-13(17-11)19-9-5-14(18-19)22-10-8-16(2)6-7-16/h3-5,9H,6-8,10H2,1-2H3,(H,20,21). The number of ether oxygens (including phenoxy) is 1. The topological polar surface area (TPSA) is 77.2 Å². The average Bonchev–Trinajstić information content (AvgIpc) is 3.01. The van der Waals surface area contributed by atoms with Gasteiger partial charge in [-0.05, 0) is 43.7 Å². The van der Waals surface area contributed by atoms with Crippen LogP contribution in [-0.4, -0.2) is 32.4 Å². The SMILES string of the molecule is Cc1nc(-n2ccc(OCCC3(C)CC3)n2)ccc1C(=O)O. The van der Waals surface area contributed by atoms with E-state index >= 15 is 0 Å². The van der Waals surface area contributed by atoms with Crippen LogP contribution in [0.4, 0.5) is 0 Å². The van der Waals surface area contributed by atoms with Gasteiger partial charge in [0.25, 0.3) is 0 Å². The number of aromatic nitrogens is 3. The molecular weight excluding hydrogens is 282 g/mol. The van der Waals surface area contributed by atoms with E-state index in [1.165, 1.54) is 18.9 Å². The van der Waals surface area contributed by atoms with Crippen LogP contribution in [-0.2, 0) is 0 Å².